The van der Waals surface area contributed by atoms with Gasteiger partial charge in [-0.3, -0.25) is 4.79 Å². The van der Waals surface area contributed by atoms with Crippen molar-refractivity contribution in [1.82, 2.24) is 9.62 Å². The summed E-state index contributed by atoms with van der Waals surface area (Å²) in [7, 11) is -1.37. The minimum Gasteiger partial charge on any atom is -0.495 e. The molecule has 0 aliphatic carbocycles. The molecule has 0 aromatic heterocycles. The van der Waals surface area contributed by atoms with E-state index in [0.717, 1.165) is 11.0 Å². The number of methoxy groups -OCH3 is 1. The molecule has 1 amide bonds. The molecule has 1 aromatic rings. The van der Waals surface area contributed by atoms with Gasteiger partial charge in [0.1, 0.15) is 10.6 Å². The van der Waals surface area contributed by atoms with Gasteiger partial charge in [-0.25, -0.2) is 22.3 Å². The molecule has 0 spiro atoms. The zero-order valence-corrected chi connectivity index (χ0v) is 13.9. The first kappa shape index (κ1) is 18.1. The van der Waals surface area contributed by atoms with Crippen LogP contribution < -0.4 is 9.46 Å². The van der Waals surface area contributed by atoms with Gasteiger partial charge >= 0.3 is 5.97 Å². The Morgan fingerprint density at radius 2 is 2.08 bits per heavy atom. The third-order valence-electron chi connectivity index (χ3n) is 3.86. The van der Waals surface area contributed by atoms with E-state index < -0.39 is 34.1 Å². The highest BCUT2D eigenvalue weighted by molar-refractivity contribution is 7.89. The summed E-state index contributed by atoms with van der Waals surface area (Å²) in [6.07, 6.45) is -0.314. The molecule has 1 heterocycles. The average Bonchev–Trinajstić information content (AvgIpc) is 2.97. The predicted octanol–water partition coefficient (Wildman–Crippen LogP) is 0.242. The number of carboxylic acids is 1. The summed E-state index contributed by atoms with van der Waals surface area (Å²) in [6, 6.07) is 3.77. The molecule has 1 saturated heterocycles. The highest BCUT2D eigenvalue weighted by atomic mass is 32.2. The molecule has 1 atom stereocenters. The smallest absolute Gasteiger partial charge is 0.343 e. The lowest BCUT2D eigenvalue weighted by Gasteiger charge is -2.18. The largest absolute Gasteiger partial charge is 0.495 e. The third-order valence-corrected chi connectivity index (χ3v) is 5.29. The summed E-state index contributed by atoms with van der Waals surface area (Å²) in [5, 5.41) is 8.88. The molecule has 1 aliphatic heterocycles. The van der Waals surface area contributed by atoms with E-state index in [2.05, 4.69) is 4.72 Å². The van der Waals surface area contributed by atoms with Crippen LogP contribution in [0.4, 0.5) is 4.39 Å². The number of halogens is 1. The Kier molecular flexibility index (Phi) is 4.81. The summed E-state index contributed by atoms with van der Waals surface area (Å²) in [5.74, 6) is -2.22. The first-order valence-corrected chi connectivity index (χ1v) is 8.46. The number of alkyl halides is 1. The van der Waals surface area contributed by atoms with Crippen LogP contribution in [0.5, 0.6) is 5.75 Å². The first-order valence-electron chi connectivity index (χ1n) is 6.98. The fraction of sp³-hybridized carbons (Fsp3) is 0.429. The van der Waals surface area contributed by atoms with E-state index in [-0.39, 0.29) is 29.2 Å². The van der Waals surface area contributed by atoms with Gasteiger partial charge in [0.05, 0.1) is 13.7 Å². The molecule has 1 aliphatic rings. The zero-order valence-electron chi connectivity index (χ0n) is 13.1. The van der Waals surface area contributed by atoms with Crippen molar-refractivity contribution in [2.75, 3.05) is 27.2 Å². The highest BCUT2D eigenvalue weighted by Gasteiger charge is 2.47. The maximum Gasteiger partial charge on any atom is 0.343 e. The average molecular weight is 360 g/mol. The number of benzene rings is 1. The zero-order chi connectivity index (χ0) is 18.1. The van der Waals surface area contributed by atoms with Gasteiger partial charge in [-0.05, 0) is 25.2 Å². The number of aliphatic carboxylic acids is 1. The highest BCUT2D eigenvalue weighted by Crippen LogP contribution is 2.29. The van der Waals surface area contributed by atoms with Crippen molar-refractivity contribution in [3.05, 3.63) is 23.8 Å². The second-order valence-electron chi connectivity index (χ2n) is 5.32. The number of amides is 1. The molecular weight excluding hydrogens is 343 g/mol. The summed E-state index contributed by atoms with van der Waals surface area (Å²) in [6.45, 7) is -0.650. The predicted molar refractivity (Wildman–Crippen MR) is 81.2 cm³/mol. The molecular formula is C14H17FN2O6S. The van der Waals surface area contributed by atoms with Crippen LogP contribution in [0.2, 0.25) is 0 Å². The minimum atomic E-state index is -3.87. The van der Waals surface area contributed by atoms with Gasteiger partial charge in [0.25, 0.3) is 5.91 Å². The SMILES string of the molecule is CNS(=O)(=O)c1cc(C(=O)N2CCC(F)(C(=O)O)C2)ccc1OC. The Hall–Kier alpha value is -2.20. The fourth-order valence-electron chi connectivity index (χ4n) is 2.43. The topological polar surface area (TPSA) is 113 Å². The summed E-state index contributed by atoms with van der Waals surface area (Å²) < 4.78 is 45.2. The quantitative estimate of drug-likeness (QED) is 0.778. The fourth-order valence-corrected chi connectivity index (χ4v) is 3.35. The van der Waals surface area contributed by atoms with Crippen LogP contribution in [0.1, 0.15) is 16.8 Å². The molecule has 10 heteroatoms. The number of nitrogens with zero attached hydrogens (tertiary/aromatic N) is 1. The molecule has 1 fully saturated rings. The van der Waals surface area contributed by atoms with Gasteiger partial charge in [0.2, 0.25) is 15.7 Å². The van der Waals surface area contributed by atoms with E-state index in [1.807, 2.05) is 0 Å². The van der Waals surface area contributed by atoms with Crippen LogP contribution in [-0.4, -0.2) is 63.2 Å². The lowest BCUT2D eigenvalue weighted by atomic mass is 10.1. The molecule has 0 radical (unpaired) electrons. The molecule has 0 bridgehead atoms. The number of ether oxygens (including phenoxy) is 1. The van der Waals surface area contributed by atoms with Gasteiger partial charge in [-0.1, -0.05) is 0 Å². The van der Waals surface area contributed by atoms with Gasteiger partial charge in [-0.2, -0.15) is 0 Å². The van der Waals surface area contributed by atoms with E-state index in [1.165, 1.54) is 26.3 Å². The van der Waals surface area contributed by atoms with Crippen LogP contribution in [0, 0.1) is 0 Å². The number of hydrogen-bond donors (Lipinski definition) is 2. The lowest BCUT2D eigenvalue weighted by molar-refractivity contribution is -0.149. The van der Waals surface area contributed by atoms with E-state index in [1.54, 1.807) is 0 Å². The monoisotopic (exact) mass is 360 g/mol. The Labute approximate surface area is 138 Å². The maximum absolute atomic E-state index is 14.1. The molecule has 1 unspecified atom stereocenters. The van der Waals surface area contributed by atoms with Crippen LogP contribution in [0.25, 0.3) is 0 Å². The van der Waals surface area contributed by atoms with Crippen LogP contribution in [0.3, 0.4) is 0 Å². The van der Waals surface area contributed by atoms with E-state index in [4.69, 9.17) is 9.84 Å². The second kappa shape index (κ2) is 6.36. The summed E-state index contributed by atoms with van der Waals surface area (Å²) in [5.41, 5.74) is -2.48. The number of carbonyl (C=O) groups excluding carboxylic acids is 1. The normalized spacial score (nSPS) is 20.9. The standard InChI is InChI=1S/C14H17FN2O6S/c1-16-24(21,22)11-7-9(3-4-10(11)23-2)12(18)17-6-5-14(15,8-17)13(19)20/h3-4,7,16H,5-6,8H2,1-2H3,(H,19,20). The van der Waals surface area contributed by atoms with Crippen molar-refractivity contribution in [1.29, 1.82) is 0 Å². The van der Waals surface area contributed by atoms with E-state index in [9.17, 15) is 22.4 Å². The van der Waals surface area contributed by atoms with Gasteiger partial charge in [-0.15, -0.1) is 0 Å². The van der Waals surface area contributed by atoms with Crippen molar-refractivity contribution in [2.24, 2.45) is 0 Å². The van der Waals surface area contributed by atoms with Crippen molar-refractivity contribution in [3.63, 3.8) is 0 Å². The Morgan fingerprint density at radius 3 is 2.58 bits per heavy atom. The Morgan fingerprint density at radius 1 is 1.42 bits per heavy atom. The van der Waals surface area contributed by atoms with Gasteiger partial charge in [0.15, 0.2) is 0 Å². The molecule has 1 aromatic carbocycles. The Balaban J connectivity index is 2.35. The molecule has 0 saturated carbocycles. The molecule has 132 valence electrons. The lowest BCUT2D eigenvalue weighted by Crippen LogP contribution is -2.39. The summed E-state index contributed by atoms with van der Waals surface area (Å²) in [4.78, 5) is 24.2. The first-order chi connectivity index (χ1) is 11.1. The Bertz CT molecular complexity index is 781. The van der Waals surface area contributed by atoms with Crippen molar-refractivity contribution in [3.8, 4) is 5.75 Å². The van der Waals surface area contributed by atoms with Gasteiger partial charge < -0.3 is 14.7 Å². The molecule has 2 rings (SSSR count). The van der Waals surface area contributed by atoms with Crippen LogP contribution in [0.15, 0.2) is 23.1 Å². The van der Waals surface area contributed by atoms with E-state index >= 15 is 0 Å². The second-order valence-corrected chi connectivity index (χ2v) is 7.18. The molecule has 8 nitrogen and oxygen atoms in total. The maximum atomic E-state index is 14.1. The number of nitrogens with one attached hydrogen (secondary N) is 1. The number of sulfonamides is 1. The number of rotatable bonds is 5. The van der Waals surface area contributed by atoms with Crippen molar-refractivity contribution in [2.45, 2.75) is 17.0 Å². The van der Waals surface area contributed by atoms with Gasteiger partial charge in [0, 0.05) is 18.5 Å². The molecule has 24 heavy (non-hydrogen) atoms. The summed E-state index contributed by atoms with van der Waals surface area (Å²) >= 11 is 0. The van der Waals surface area contributed by atoms with Crippen LogP contribution in [-0.2, 0) is 14.8 Å². The third kappa shape index (κ3) is 3.20. The number of likely N-dealkylation sites (tertiary alicyclic amines) is 1. The van der Waals surface area contributed by atoms with E-state index in [0.29, 0.717) is 0 Å². The number of hydrogen-bond acceptors (Lipinski definition) is 5. The van der Waals surface area contributed by atoms with Crippen molar-refractivity contribution < 1.29 is 32.2 Å². The minimum absolute atomic E-state index is 0.000682. The number of carbonyl (C=O) groups is 2. The van der Waals surface area contributed by atoms with Crippen molar-refractivity contribution >= 4 is 21.9 Å². The van der Waals surface area contributed by atoms with Crippen LogP contribution >= 0.6 is 0 Å². The molecule has 2 N–H and O–H groups in total. The number of carboxylic acid groups (broad SMARTS) is 1.